The molecule has 2 heterocycles. The lowest BCUT2D eigenvalue weighted by Gasteiger charge is -2.06. The number of aromatic nitrogens is 1. The maximum atomic E-state index is 13.1. The zero-order valence-corrected chi connectivity index (χ0v) is 18.5. The largest absolute Gasteiger partial charge is 0.447 e. The number of nitrogens with one attached hydrogen (secondary N) is 1. The van der Waals surface area contributed by atoms with Gasteiger partial charge in [0.05, 0.1) is 0 Å². The molecule has 1 N–H and O–H groups in total. The topological polar surface area (TPSA) is 65.9 Å². The predicted octanol–water partition coefficient (Wildman–Crippen LogP) is 6.76. The van der Waals surface area contributed by atoms with Crippen molar-refractivity contribution in [1.29, 1.82) is 5.26 Å². The second kappa shape index (κ2) is 7.63. The van der Waals surface area contributed by atoms with E-state index in [1.807, 2.05) is 55.5 Å². The van der Waals surface area contributed by atoms with Gasteiger partial charge >= 0.3 is 0 Å². The van der Waals surface area contributed by atoms with E-state index in [9.17, 15) is 10.1 Å². The number of carbonyl (C=O) groups excluding carboxylic acids is 1. The van der Waals surface area contributed by atoms with Crippen LogP contribution in [0.3, 0.4) is 0 Å². The maximum Gasteiger partial charge on any atom is 0.210 e. The first-order valence-corrected chi connectivity index (χ1v) is 10.7. The molecule has 1 aromatic heterocycles. The van der Waals surface area contributed by atoms with Crippen molar-refractivity contribution in [1.82, 2.24) is 4.98 Å². The van der Waals surface area contributed by atoms with Gasteiger partial charge in [-0.25, -0.2) is 0 Å². The van der Waals surface area contributed by atoms with Gasteiger partial charge in [0.15, 0.2) is 5.09 Å². The van der Waals surface area contributed by atoms with Crippen molar-refractivity contribution >= 4 is 66.1 Å². The number of nitriles is 1. The van der Waals surface area contributed by atoms with E-state index in [0.29, 0.717) is 16.4 Å². The number of Topliss-reactive ketones (excluding diaryl/α,β-unsaturated/α-hetero) is 1. The Labute approximate surface area is 182 Å². The van der Waals surface area contributed by atoms with Crippen molar-refractivity contribution in [2.24, 2.45) is 0 Å². The molecule has 0 saturated heterocycles. The molecule has 0 aliphatic carbocycles. The number of ether oxygens (including phenoxy) is 1. The number of hydrogen-bond donors (Lipinski definition) is 1. The normalized spacial score (nSPS) is 15.5. The Bertz CT molecular complexity index is 1220. The molecule has 0 atom stereocenters. The predicted molar refractivity (Wildman–Crippen MR) is 118 cm³/mol. The Morgan fingerprint density at radius 1 is 1.14 bits per heavy atom. The van der Waals surface area contributed by atoms with Gasteiger partial charge in [0.25, 0.3) is 0 Å². The van der Waals surface area contributed by atoms with E-state index in [4.69, 9.17) is 4.74 Å². The fourth-order valence-corrected chi connectivity index (χ4v) is 4.46. The molecule has 4 nitrogen and oxygen atoms in total. The monoisotopic (exact) mass is 514 g/mol. The van der Waals surface area contributed by atoms with E-state index in [0.717, 1.165) is 30.3 Å². The third-order valence-electron chi connectivity index (χ3n) is 4.30. The van der Waals surface area contributed by atoms with Crippen LogP contribution in [0, 0.1) is 11.3 Å². The molecule has 0 saturated carbocycles. The first-order chi connectivity index (χ1) is 13.5. The molecule has 7 heteroatoms. The molecule has 4 rings (SSSR count). The minimum Gasteiger partial charge on any atom is -0.447 e. The molecule has 138 valence electrons. The first kappa shape index (κ1) is 19.1. The van der Waals surface area contributed by atoms with Crippen molar-refractivity contribution in [2.75, 3.05) is 0 Å². The lowest BCUT2D eigenvalue weighted by molar-refractivity contribution is 0.103. The Balaban J connectivity index is 1.71. The number of H-pyrrole nitrogens is 1. The number of fused-ring (bicyclic) bond motifs is 1. The highest BCUT2D eigenvalue weighted by Crippen LogP contribution is 2.44. The highest BCUT2D eigenvalue weighted by molar-refractivity contribution is 9.10. The Morgan fingerprint density at radius 2 is 1.86 bits per heavy atom. The smallest absolute Gasteiger partial charge is 0.210 e. The van der Waals surface area contributed by atoms with Gasteiger partial charge < -0.3 is 9.72 Å². The average molecular weight is 516 g/mol. The standard InChI is InChI=1S/C21H12Br2N2O2S/c1-11-20(12-2-4-13(22)5-3-12)27-21(28-11)16(9-24)19(26)17-10-25-18-7-6-14(23)8-15(17)18/h2-8,10,25H,1H3/b21-16-. The second-order valence-corrected chi connectivity index (χ2v) is 9.11. The van der Waals surface area contributed by atoms with E-state index >= 15 is 0 Å². The van der Waals surface area contributed by atoms with Gasteiger partial charge in [-0.3, -0.25) is 4.79 Å². The van der Waals surface area contributed by atoms with Crippen molar-refractivity contribution in [3.63, 3.8) is 0 Å². The van der Waals surface area contributed by atoms with Crippen LogP contribution in [-0.4, -0.2) is 10.8 Å². The van der Waals surface area contributed by atoms with Crippen molar-refractivity contribution in [2.45, 2.75) is 6.92 Å². The molecular formula is C21H12Br2N2O2S. The Hall–Kier alpha value is -2.27. The van der Waals surface area contributed by atoms with Crippen molar-refractivity contribution in [3.05, 3.63) is 84.3 Å². The minimum atomic E-state index is -0.362. The number of ketones is 1. The number of carbonyl (C=O) groups is 1. The van der Waals surface area contributed by atoms with Crippen molar-refractivity contribution in [3.8, 4) is 6.07 Å². The molecular weight excluding hydrogens is 504 g/mol. The molecule has 0 spiro atoms. The lowest BCUT2D eigenvalue weighted by atomic mass is 10.0. The molecule has 0 bridgehead atoms. The zero-order valence-electron chi connectivity index (χ0n) is 14.5. The third kappa shape index (κ3) is 3.44. The number of nitrogens with zero attached hydrogens (tertiary/aromatic N) is 1. The second-order valence-electron chi connectivity index (χ2n) is 6.09. The van der Waals surface area contributed by atoms with Crippen LogP contribution >= 0.6 is 43.6 Å². The third-order valence-corrected chi connectivity index (χ3v) is 6.28. The fraction of sp³-hybridized carbons (Fsp3) is 0.0476. The summed E-state index contributed by atoms with van der Waals surface area (Å²) in [6, 6.07) is 15.4. The zero-order chi connectivity index (χ0) is 19.8. The van der Waals surface area contributed by atoms with E-state index < -0.39 is 0 Å². The summed E-state index contributed by atoms with van der Waals surface area (Å²) in [7, 11) is 0. The molecule has 0 unspecified atom stereocenters. The van der Waals surface area contributed by atoms with Gasteiger partial charge in [-0.15, -0.1) is 0 Å². The number of rotatable bonds is 3. The quantitative estimate of drug-likeness (QED) is 0.237. The van der Waals surface area contributed by atoms with Gasteiger partial charge in [0, 0.05) is 42.1 Å². The molecule has 2 aromatic carbocycles. The van der Waals surface area contributed by atoms with E-state index in [-0.39, 0.29) is 11.4 Å². The first-order valence-electron chi connectivity index (χ1n) is 8.26. The van der Waals surface area contributed by atoms with Crippen LogP contribution in [0.25, 0.3) is 16.7 Å². The molecule has 3 aromatic rings. The van der Waals surface area contributed by atoms with Gasteiger partial charge in [0.2, 0.25) is 5.78 Å². The van der Waals surface area contributed by atoms with Gasteiger partial charge in [-0.2, -0.15) is 5.26 Å². The summed E-state index contributed by atoms with van der Waals surface area (Å²) < 4.78 is 7.78. The van der Waals surface area contributed by atoms with Crippen LogP contribution in [-0.2, 0) is 4.74 Å². The SMILES string of the molecule is CC1=C(c2ccc(Br)cc2)O/C(=C(\C#N)C(=O)c2c[nH]c3ccc(Br)cc23)S1. The number of halogens is 2. The lowest BCUT2D eigenvalue weighted by Crippen LogP contribution is -2.04. The minimum absolute atomic E-state index is 0.00247. The average Bonchev–Trinajstić information content (AvgIpc) is 3.26. The van der Waals surface area contributed by atoms with Gasteiger partial charge in [0.1, 0.15) is 17.4 Å². The number of thioether (sulfide) groups is 1. The van der Waals surface area contributed by atoms with E-state index in [1.165, 1.54) is 11.8 Å². The maximum absolute atomic E-state index is 13.1. The van der Waals surface area contributed by atoms with Crippen molar-refractivity contribution < 1.29 is 9.53 Å². The van der Waals surface area contributed by atoms with Gasteiger partial charge in [-0.1, -0.05) is 55.8 Å². The highest BCUT2D eigenvalue weighted by Gasteiger charge is 2.28. The van der Waals surface area contributed by atoms with Crippen LogP contribution < -0.4 is 0 Å². The van der Waals surface area contributed by atoms with Crippen LogP contribution in [0.1, 0.15) is 22.8 Å². The molecule has 1 aliphatic rings. The molecule has 1 aliphatic heterocycles. The van der Waals surface area contributed by atoms with Crippen LogP contribution in [0.4, 0.5) is 0 Å². The Morgan fingerprint density at radius 3 is 2.57 bits per heavy atom. The number of allylic oxidation sites excluding steroid dienone is 2. The van der Waals surface area contributed by atoms with E-state index in [2.05, 4.69) is 36.8 Å². The summed E-state index contributed by atoms with van der Waals surface area (Å²) in [6.45, 7) is 1.91. The summed E-state index contributed by atoms with van der Waals surface area (Å²) in [5.41, 5.74) is 2.17. The molecule has 28 heavy (non-hydrogen) atoms. The molecule has 0 amide bonds. The summed E-state index contributed by atoms with van der Waals surface area (Å²) in [5, 5.41) is 10.8. The summed E-state index contributed by atoms with van der Waals surface area (Å²) >= 11 is 8.14. The number of hydrogen-bond acceptors (Lipinski definition) is 4. The Kier molecular flexibility index (Phi) is 5.19. The molecule has 0 radical (unpaired) electrons. The fourth-order valence-electron chi connectivity index (χ4n) is 2.94. The summed E-state index contributed by atoms with van der Waals surface area (Å²) in [5.74, 6) is 0.300. The summed E-state index contributed by atoms with van der Waals surface area (Å²) in [4.78, 5) is 17.1. The highest BCUT2D eigenvalue weighted by atomic mass is 79.9. The number of aromatic amines is 1. The van der Waals surface area contributed by atoms with Crippen LogP contribution in [0.15, 0.2) is 73.2 Å². The molecule has 0 fully saturated rings. The van der Waals surface area contributed by atoms with Crippen LogP contribution in [0.2, 0.25) is 0 Å². The summed E-state index contributed by atoms with van der Waals surface area (Å²) in [6.07, 6.45) is 1.63. The van der Waals surface area contributed by atoms with E-state index in [1.54, 1.807) is 6.20 Å². The van der Waals surface area contributed by atoms with Crippen LogP contribution in [0.5, 0.6) is 0 Å². The van der Waals surface area contributed by atoms with Gasteiger partial charge in [-0.05, 0) is 37.3 Å². The number of benzene rings is 2.